The van der Waals surface area contributed by atoms with Crippen LogP contribution in [0.3, 0.4) is 0 Å². The van der Waals surface area contributed by atoms with E-state index < -0.39 is 12.2 Å². The molecule has 21 heavy (non-hydrogen) atoms. The van der Waals surface area contributed by atoms with Crippen LogP contribution in [0.1, 0.15) is 37.4 Å². The van der Waals surface area contributed by atoms with Crippen LogP contribution in [-0.4, -0.2) is 23.6 Å². The lowest BCUT2D eigenvalue weighted by Gasteiger charge is -2.31. The highest BCUT2D eigenvalue weighted by molar-refractivity contribution is 5.77. The highest BCUT2D eigenvalue weighted by atomic mass is 19.4. The van der Waals surface area contributed by atoms with Crippen molar-refractivity contribution >= 4 is 5.91 Å². The lowest BCUT2D eigenvalue weighted by atomic mass is 9.93. The molecule has 1 fully saturated rings. The van der Waals surface area contributed by atoms with Crippen LogP contribution < -0.4 is 5.43 Å². The number of alkyl halides is 3. The third-order valence-electron chi connectivity index (χ3n) is 3.45. The molecule has 0 bridgehead atoms. The highest BCUT2D eigenvalue weighted by Crippen LogP contribution is 2.39. The van der Waals surface area contributed by atoms with Crippen molar-refractivity contribution in [3.8, 4) is 0 Å². The summed E-state index contributed by atoms with van der Waals surface area (Å²) in [6.07, 6.45) is -3.77. The minimum absolute atomic E-state index is 0.0685. The van der Waals surface area contributed by atoms with E-state index in [1.54, 1.807) is 18.2 Å². The molecule has 0 aromatic heterocycles. The van der Waals surface area contributed by atoms with Gasteiger partial charge in [-0.05, 0) is 23.5 Å². The molecule has 0 radical (unpaired) electrons. The Bertz CT molecular complexity index is 514. The molecule has 116 valence electrons. The van der Waals surface area contributed by atoms with Gasteiger partial charge >= 0.3 is 6.18 Å². The first-order valence-electron chi connectivity index (χ1n) is 6.99. The number of hydrogen-bond acceptors (Lipinski definition) is 2. The Hall–Kier alpha value is -1.56. The fourth-order valence-corrected chi connectivity index (χ4v) is 2.64. The molecule has 1 N–H and O–H groups in total. The van der Waals surface area contributed by atoms with Crippen molar-refractivity contribution in [3.05, 3.63) is 35.4 Å². The fourth-order valence-electron chi connectivity index (χ4n) is 2.64. The molecule has 0 unspecified atom stereocenters. The third kappa shape index (κ3) is 3.75. The van der Waals surface area contributed by atoms with Gasteiger partial charge in [0.25, 0.3) is 0 Å². The zero-order valence-corrected chi connectivity index (χ0v) is 12.1. The van der Waals surface area contributed by atoms with Crippen molar-refractivity contribution in [3.63, 3.8) is 0 Å². The summed E-state index contributed by atoms with van der Waals surface area (Å²) in [5.41, 5.74) is 3.21. The Morgan fingerprint density at radius 2 is 1.95 bits per heavy atom. The molecular weight excluding hydrogens is 281 g/mol. The Labute approximate surface area is 122 Å². The second-order valence-corrected chi connectivity index (χ2v) is 5.72. The van der Waals surface area contributed by atoms with E-state index in [4.69, 9.17) is 0 Å². The van der Waals surface area contributed by atoms with E-state index in [2.05, 4.69) is 5.43 Å². The number of benzene rings is 1. The minimum atomic E-state index is -4.44. The predicted molar refractivity (Wildman–Crippen MR) is 73.2 cm³/mol. The van der Waals surface area contributed by atoms with E-state index in [-0.39, 0.29) is 30.4 Å². The standard InChI is InChI=1S/C15H19F3N2O/c1-10(2)9-11-5-3-4-6-12(11)14(15(16,17)18)20-8-7-13(21)19-20/h3-6,10,14H,7-9H2,1-2H3,(H,19,21)/t14-/m0/s1. The Balaban J connectivity index is 2.40. The second kappa shape index (κ2) is 6.05. The van der Waals surface area contributed by atoms with Gasteiger partial charge in [0, 0.05) is 13.0 Å². The molecule has 1 amide bonds. The summed E-state index contributed by atoms with van der Waals surface area (Å²) in [6, 6.07) is 4.79. The number of hydrogen-bond donors (Lipinski definition) is 1. The van der Waals surface area contributed by atoms with Gasteiger partial charge in [0.1, 0.15) is 6.04 Å². The molecule has 2 rings (SSSR count). The van der Waals surface area contributed by atoms with Gasteiger partial charge in [-0.1, -0.05) is 38.1 Å². The van der Waals surface area contributed by atoms with Crippen molar-refractivity contribution in [1.29, 1.82) is 0 Å². The quantitative estimate of drug-likeness (QED) is 0.926. The number of halogens is 3. The molecule has 3 nitrogen and oxygen atoms in total. The largest absolute Gasteiger partial charge is 0.409 e. The van der Waals surface area contributed by atoms with Gasteiger partial charge in [-0.2, -0.15) is 13.2 Å². The zero-order valence-electron chi connectivity index (χ0n) is 12.1. The van der Waals surface area contributed by atoms with Crippen molar-refractivity contribution < 1.29 is 18.0 Å². The predicted octanol–water partition coefficient (Wildman–Crippen LogP) is 3.23. The monoisotopic (exact) mass is 300 g/mol. The Morgan fingerprint density at radius 1 is 1.29 bits per heavy atom. The molecule has 0 saturated carbocycles. The second-order valence-electron chi connectivity index (χ2n) is 5.72. The Morgan fingerprint density at radius 3 is 2.48 bits per heavy atom. The molecule has 1 aromatic rings. The van der Waals surface area contributed by atoms with Crippen molar-refractivity contribution in [2.75, 3.05) is 6.54 Å². The fraction of sp³-hybridized carbons (Fsp3) is 0.533. The number of amides is 1. The molecule has 0 spiro atoms. The van der Waals surface area contributed by atoms with Crippen LogP contribution in [0.15, 0.2) is 24.3 Å². The lowest BCUT2D eigenvalue weighted by Crippen LogP contribution is -2.44. The van der Waals surface area contributed by atoms with E-state index in [0.717, 1.165) is 5.01 Å². The summed E-state index contributed by atoms with van der Waals surface area (Å²) in [6.45, 7) is 4.01. The van der Waals surface area contributed by atoms with Gasteiger partial charge in [-0.25, -0.2) is 5.01 Å². The molecule has 6 heteroatoms. The number of carbonyl (C=O) groups is 1. The lowest BCUT2D eigenvalue weighted by molar-refractivity contribution is -0.191. The summed E-state index contributed by atoms with van der Waals surface area (Å²) >= 11 is 0. The number of hydrazine groups is 1. The molecule has 1 aliphatic rings. The van der Waals surface area contributed by atoms with Crippen LogP contribution in [0.5, 0.6) is 0 Å². The summed E-state index contributed by atoms with van der Waals surface area (Å²) in [7, 11) is 0. The van der Waals surface area contributed by atoms with Crippen molar-refractivity contribution in [1.82, 2.24) is 10.4 Å². The summed E-state index contributed by atoms with van der Waals surface area (Å²) < 4.78 is 40.5. The molecule has 1 saturated heterocycles. The maximum atomic E-state index is 13.5. The summed E-state index contributed by atoms with van der Waals surface area (Å²) in [5, 5.41) is 1.00. The summed E-state index contributed by atoms with van der Waals surface area (Å²) in [4.78, 5) is 11.3. The highest BCUT2D eigenvalue weighted by Gasteiger charge is 2.47. The normalized spacial score (nSPS) is 18.1. The van der Waals surface area contributed by atoms with E-state index >= 15 is 0 Å². The zero-order chi connectivity index (χ0) is 15.6. The van der Waals surface area contributed by atoms with Crippen LogP contribution in [0.2, 0.25) is 0 Å². The van der Waals surface area contributed by atoms with E-state index in [9.17, 15) is 18.0 Å². The van der Waals surface area contributed by atoms with Gasteiger partial charge in [0.15, 0.2) is 0 Å². The first-order chi connectivity index (χ1) is 9.79. The first kappa shape index (κ1) is 15.8. The Kier molecular flexibility index (Phi) is 4.56. The SMILES string of the molecule is CC(C)Cc1ccccc1[C@H](N1CCC(=O)N1)C(F)(F)F. The molecule has 1 aliphatic heterocycles. The van der Waals surface area contributed by atoms with Crippen LogP contribution >= 0.6 is 0 Å². The van der Waals surface area contributed by atoms with E-state index in [1.165, 1.54) is 6.07 Å². The number of rotatable bonds is 4. The van der Waals surface area contributed by atoms with Gasteiger partial charge in [-0.15, -0.1) is 0 Å². The first-order valence-corrected chi connectivity index (χ1v) is 6.99. The van der Waals surface area contributed by atoms with Gasteiger partial charge in [0.2, 0.25) is 5.91 Å². The van der Waals surface area contributed by atoms with Crippen LogP contribution in [0.4, 0.5) is 13.2 Å². The number of nitrogens with one attached hydrogen (secondary N) is 1. The number of carbonyl (C=O) groups excluding carboxylic acids is 1. The number of nitrogens with zero attached hydrogens (tertiary/aromatic N) is 1. The molecule has 1 heterocycles. The van der Waals surface area contributed by atoms with Crippen LogP contribution in [0.25, 0.3) is 0 Å². The third-order valence-corrected chi connectivity index (χ3v) is 3.45. The van der Waals surface area contributed by atoms with Gasteiger partial charge < -0.3 is 0 Å². The van der Waals surface area contributed by atoms with Gasteiger partial charge in [0.05, 0.1) is 0 Å². The maximum absolute atomic E-state index is 13.5. The van der Waals surface area contributed by atoms with Gasteiger partial charge in [-0.3, -0.25) is 10.2 Å². The topological polar surface area (TPSA) is 32.3 Å². The molecular formula is C15H19F3N2O. The molecule has 0 aliphatic carbocycles. The molecule has 1 atom stereocenters. The molecule has 1 aromatic carbocycles. The van der Waals surface area contributed by atoms with Crippen LogP contribution in [-0.2, 0) is 11.2 Å². The van der Waals surface area contributed by atoms with E-state index in [1.807, 2.05) is 13.8 Å². The van der Waals surface area contributed by atoms with Crippen molar-refractivity contribution in [2.45, 2.75) is 38.9 Å². The van der Waals surface area contributed by atoms with Crippen molar-refractivity contribution in [2.24, 2.45) is 5.92 Å². The van der Waals surface area contributed by atoms with Crippen LogP contribution in [0, 0.1) is 5.92 Å². The maximum Gasteiger partial charge on any atom is 0.409 e. The smallest absolute Gasteiger partial charge is 0.288 e. The average molecular weight is 300 g/mol. The summed E-state index contributed by atoms with van der Waals surface area (Å²) in [5.74, 6) is -0.112. The average Bonchev–Trinajstić information content (AvgIpc) is 2.75. The minimum Gasteiger partial charge on any atom is -0.288 e. The van der Waals surface area contributed by atoms with E-state index in [0.29, 0.717) is 12.0 Å².